The molecule has 0 fully saturated rings. The van der Waals surface area contributed by atoms with Gasteiger partial charge in [-0.2, -0.15) is 0 Å². The lowest BCUT2D eigenvalue weighted by Gasteiger charge is -2.03. The van der Waals surface area contributed by atoms with Gasteiger partial charge in [0.15, 0.2) is 0 Å². The van der Waals surface area contributed by atoms with E-state index in [0.717, 1.165) is 11.3 Å². The summed E-state index contributed by atoms with van der Waals surface area (Å²) in [4.78, 5) is 19.8. The van der Waals surface area contributed by atoms with E-state index in [9.17, 15) is 4.79 Å². The summed E-state index contributed by atoms with van der Waals surface area (Å²) >= 11 is 0. The van der Waals surface area contributed by atoms with Crippen molar-refractivity contribution in [3.63, 3.8) is 0 Å². The van der Waals surface area contributed by atoms with Crippen LogP contribution in [0.15, 0.2) is 42.9 Å². The van der Waals surface area contributed by atoms with E-state index in [0.29, 0.717) is 12.1 Å². The summed E-state index contributed by atoms with van der Waals surface area (Å²) in [7, 11) is 0. The van der Waals surface area contributed by atoms with Crippen LogP contribution in [0.4, 0.5) is 0 Å². The molecule has 2 aromatic heterocycles. The number of carbonyl (C=O) groups excluding carboxylic acids is 1. The molecular formula is C13H13N3O. The summed E-state index contributed by atoms with van der Waals surface area (Å²) in [6, 6.07) is 7.37. The van der Waals surface area contributed by atoms with Gasteiger partial charge in [-0.25, -0.2) is 0 Å². The number of amides is 1. The molecule has 17 heavy (non-hydrogen) atoms. The summed E-state index contributed by atoms with van der Waals surface area (Å²) in [5.41, 5.74) is 2.32. The molecule has 2 heterocycles. The van der Waals surface area contributed by atoms with Crippen LogP contribution < -0.4 is 5.32 Å². The molecule has 0 aliphatic heterocycles. The number of nitrogens with zero attached hydrogens (tertiary/aromatic N) is 2. The van der Waals surface area contributed by atoms with Crippen molar-refractivity contribution in [2.75, 3.05) is 6.54 Å². The van der Waals surface area contributed by atoms with Gasteiger partial charge in [0, 0.05) is 30.7 Å². The predicted octanol–water partition coefficient (Wildman–Crippen LogP) is 1.89. The third-order valence-corrected chi connectivity index (χ3v) is 2.32. The fourth-order valence-corrected chi connectivity index (χ4v) is 1.48. The van der Waals surface area contributed by atoms with Gasteiger partial charge in [0.2, 0.25) is 0 Å². The lowest BCUT2D eigenvalue weighted by Crippen LogP contribution is -2.22. The van der Waals surface area contributed by atoms with Gasteiger partial charge in [0.1, 0.15) is 0 Å². The van der Waals surface area contributed by atoms with Crippen LogP contribution in [-0.2, 0) is 0 Å². The second kappa shape index (κ2) is 5.21. The minimum Gasteiger partial charge on any atom is -0.352 e. The molecule has 0 radical (unpaired) electrons. The highest BCUT2D eigenvalue weighted by Crippen LogP contribution is 2.14. The van der Waals surface area contributed by atoms with Gasteiger partial charge in [0.25, 0.3) is 5.91 Å². The molecule has 1 amide bonds. The number of aromatic nitrogens is 2. The van der Waals surface area contributed by atoms with Crippen molar-refractivity contribution in [3.05, 3.63) is 48.4 Å². The number of hydrogen-bond donors (Lipinski definition) is 1. The highest BCUT2D eigenvalue weighted by molar-refractivity contribution is 5.94. The van der Waals surface area contributed by atoms with Gasteiger partial charge in [-0.15, -0.1) is 0 Å². The number of rotatable bonds is 3. The topological polar surface area (TPSA) is 54.9 Å². The second-order valence-corrected chi connectivity index (χ2v) is 3.53. The minimum atomic E-state index is -0.0993. The van der Waals surface area contributed by atoms with Crippen molar-refractivity contribution in [2.45, 2.75) is 6.92 Å². The van der Waals surface area contributed by atoms with E-state index in [1.54, 1.807) is 24.7 Å². The van der Waals surface area contributed by atoms with Crippen molar-refractivity contribution < 1.29 is 4.79 Å². The zero-order valence-electron chi connectivity index (χ0n) is 9.55. The van der Waals surface area contributed by atoms with Crippen LogP contribution in [-0.4, -0.2) is 22.4 Å². The monoisotopic (exact) mass is 227 g/mol. The first-order valence-electron chi connectivity index (χ1n) is 5.46. The van der Waals surface area contributed by atoms with E-state index in [1.165, 1.54) is 0 Å². The van der Waals surface area contributed by atoms with Crippen LogP contribution in [0.3, 0.4) is 0 Å². The second-order valence-electron chi connectivity index (χ2n) is 3.53. The first kappa shape index (κ1) is 11.3. The molecule has 2 rings (SSSR count). The summed E-state index contributed by atoms with van der Waals surface area (Å²) in [5, 5.41) is 2.73. The van der Waals surface area contributed by atoms with Crippen molar-refractivity contribution in [2.24, 2.45) is 0 Å². The molecule has 1 N–H and O–H groups in total. The van der Waals surface area contributed by atoms with Crippen LogP contribution in [0.1, 0.15) is 17.3 Å². The molecule has 4 nitrogen and oxygen atoms in total. The first-order chi connectivity index (χ1) is 8.31. The van der Waals surface area contributed by atoms with Crippen LogP contribution in [0.25, 0.3) is 11.3 Å². The fourth-order valence-electron chi connectivity index (χ4n) is 1.48. The Balaban J connectivity index is 2.22. The van der Waals surface area contributed by atoms with Gasteiger partial charge in [-0.05, 0) is 31.2 Å². The molecule has 0 spiro atoms. The maximum atomic E-state index is 11.5. The van der Waals surface area contributed by atoms with Crippen LogP contribution in [0.5, 0.6) is 0 Å². The van der Waals surface area contributed by atoms with E-state index in [-0.39, 0.29) is 5.91 Å². The van der Waals surface area contributed by atoms with Crippen molar-refractivity contribution in [1.82, 2.24) is 15.3 Å². The largest absolute Gasteiger partial charge is 0.352 e. The van der Waals surface area contributed by atoms with E-state index >= 15 is 0 Å². The Morgan fingerprint density at radius 3 is 2.76 bits per heavy atom. The standard InChI is InChI=1S/C13H13N3O/c1-2-15-13(17)11-5-6-12(16-9-11)10-4-3-7-14-8-10/h3-9H,2H2,1H3,(H,15,17). The molecule has 0 bridgehead atoms. The predicted molar refractivity (Wildman–Crippen MR) is 65.5 cm³/mol. The summed E-state index contributed by atoms with van der Waals surface area (Å²) < 4.78 is 0. The lowest BCUT2D eigenvalue weighted by molar-refractivity contribution is 0.0955. The van der Waals surface area contributed by atoms with Gasteiger partial charge in [-0.1, -0.05) is 0 Å². The number of carbonyl (C=O) groups is 1. The third-order valence-electron chi connectivity index (χ3n) is 2.32. The molecule has 0 saturated heterocycles. The lowest BCUT2D eigenvalue weighted by atomic mass is 10.1. The van der Waals surface area contributed by atoms with Crippen LogP contribution in [0, 0.1) is 0 Å². The molecule has 0 unspecified atom stereocenters. The quantitative estimate of drug-likeness (QED) is 0.871. The van der Waals surface area contributed by atoms with E-state index in [1.807, 2.05) is 25.1 Å². The summed E-state index contributed by atoms with van der Waals surface area (Å²) in [6.07, 6.45) is 5.04. The Morgan fingerprint density at radius 1 is 1.29 bits per heavy atom. The Morgan fingerprint density at radius 2 is 2.18 bits per heavy atom. The van der Waals surface area contributed by atoms with E-state index in [4.69, 9.17) is 0 Å². The Labute approximate surface area is 99.7 Å². The summed E-state index contributed by atoms with van der Waals surface area (Å²) in [6.45, 7) is 2.50. The van der Waals surface area contributed by atoms with Gasteiger partial charge >= 0.3 is 0 Å². The average molecular weight is 227 g/mol. The molecule has 0 saturated carbocycles. The zero-order chi connectivity index (χ0) is 12.1. The van der Waals surface area contributed by atoms with Crippen LogP contribution >= 0.6 is 0 Å². The normalized spacial score (nSPS) is 9.94. The highest BCUT2D eigenvalue weighted by Gasteiger charge is 2.05. The minimum absolute atomic E-state index is 0.0993. The Bertz CT molecular complexity index is 494. The average Bonchev–Trinajstić information content (AvgIpc) is 2.40. The maximum absolute atomic E-state index is 11.5. The van der Waals surface area contributed by atoms with Crippen molar-refractivity contribution >= 4 is 5.91 Å². The SMILES string of the molecule is CCNC(=O)c1ccc(-c2cccnc2)nc1. The molecule has 2 aromatic rings. The molecule has 0 aliphatic rings. The fraction of sp³-hybridized carbons (Fsp3) is 0.154. The highest BCUT2D eigenvalue weighted by atomic mass is 16.1. The third kappa shape index (κ3) is 2.66. The molecule has 86 valence electrons. The van der Waals surface area contributed by atoms with E-state index in [2.05, 4.69) is 15.3 Å². The Kier molecular flexibility index (Phi) is 3.45. The zero-order valence-corrected chi connectivity index (χ0v) is 9.55. The number of pyridine rings is 2. The smallest absolute Gasteiger partial charge is 0.252 e. The van der Waals surface area contributed by atoms with E-state index < -0.39 is 0 Å². The van der Waals surface area contributed by atoms with Gasteiger partial charge < -0.3 is 5.32 Å². The number of nitrogens with one attached hydrogen (secondary N) is 1. The van der Waals surface area contributed by atoms with Gasteiger partial charge in [0.05, 0.1) is 11.3 Å². The molecule has 0 aromatic carbocycles. The molecular weight excluding hydrogens is 214 g/mol. The first-order valence-corrected chi connectivity index (χ1v) is 5.46. The van der Waals surface area contributed by atoms with Crippen LogP contribution in [0.2, 0.25) is 0 Å². The Hall–Kier alpha value is -2.23. The molecule has 0 aliphatic carbocycles. The van der Waals surface area contributed by atoms with Crippen molar-refractivity contribution in [1.29, 1.82) is 0 Å². The number of hydrogen-bond acceptors (Lipinski definition) is 3. The molecule has 4 heteroatoms. The van der Waals surface area contributed by atoms with Crippen molar-refractivity contribution in [3.8, 4) is 11.3 Å². The van der Waals surface area contributed by atoms with Gasteiger partial charge in [-0.3, -0.25) is 14.8 Å². The molecule has 0 atom stereocenters. The summed E-state index contributed by atoms with van der Waals surface area (Å²) in [5.74, 6) is -0.0993. The maximum Gasteiger partial charge on any atom is 0.252 e.